The molecule has 0 aliphatic heterocycles. The first kappa shape index (κ1) is 20.3. The molecule has 0 unspecified atom stereocenters. The third kappa shape index (κ3) is 4.59. The van der Waals surface area contributed by atoms with Crippen LogP contribution in [-0.4, -0.2) is 16.7 Å². The van der Waals surface area contributed by atoms with Crippen molar-refractivity contribution in [3.05, 3.63) is 58.7 Å². The Bertz CT molecular complexity index is 774. The molecule has 0 aromatic heterocycles. The molecular formula is C21H27NO3S. The maximum Gasteiger partial charge on any atom is 0.309 e. The lowest BCUT2D eigenvalue weighted by molar-refractivity contribution is 0.223. The molecule has 2 aromatic rings. The molecule has 0 heterocycles. The van der Waals surface area contributed by atoms with Crippen LogP contribution in [0.3, 0.4) is 0 Å². The number of hydrogen-bond donors (Lipinski definition) is 1. The molecule has 2 aromatic carbocycles. The molecule has 0 aliphatic carbocycles. The van der Waals surface area contributed by atoms with Crippen LogP contribution in [0.25, 0.3) is 0 Å². The van der Waals surface area contributed by atoms with Gasteiger partial charge in [-0.3, -0.25) is 10.0 Å². The number of amides is 1. The third-order valence-electron chi connectivity index (χ3n) is 4.36. The smallest absolute Gasteiger partial charge is 0.309 e. The fourth-order valence-corrected chi connectivity index (χ4v) is 3.14. The van der Waals surface area contributed by atoms with Crippen LogP contribution < -0.4 is 9.80 Å². The summed E-state index contributed by atoms with van der Waals surface area (Å²) in [5.74, 6) is 0.976. The first-order valence-electron chi connectivity index (χ1n) is 8.80. The highest BCUT2D eigenvalue weighted by Crippen LogP contribution is 2.33. The standard InChI is InChI=1S/C21H27NO3S/c1-6-16-10-11-19(15(4)12-16)25-13-17-8-7-9-18(14(2)3)20(17)22(24)21(23)26-5/h7-12,14,24H,6,13H2,1-5H3. The predicted octanol–water partition coefficient (Wildman–Crippen LogP) is 5.94. The molecule has 26 heavy (non-hydrogen) atoms. The summed E-state index contributed by atoms with van der Waals surface area (Å²) in [6.07, 6.45) is 2.64. The molecule has 0 aliphatic rings. The van der Waals surface area contributed by atoms with Crippen LogP contribution in [0.2, 0.25) is 0 Å². The number of benzene rings is 2. The number of hydrogen-bond acceptors (Lipinski definition) is 4. The lowest BCUT2D eigenvalue weighted by Crippen LogP contribution is -2.25. The van der Waals surface area contributed by atoms with Crippen LogP contribution in [0.4, 0.5) is 10.5 Å². The van der Waals surface area contributed by atoms with Crippen LogP contribution in [0.15, 0.2) is 36.4 Å². The topological polar surface area (TPSA) is 49.8 Å². The van der Waals surface area contributed by atoms with Crippen molar-refractivity contribution >= 4 is 22.7 Å². The van der Waals surface area contributed by atoms with E-state index >= 15 is 0 Å². The van der Waals surface area contributed by atoms with Gasteiger partial charge in [-0.2, -0.15) is 5.06 Å². The van der Waals surface area contributed by atoms with E-state index in [1.54, 1.807) is 6.26 Å². The van der Waals surface area contributed by atoms with Gasteiger partial charge in [0, 0.05) is 5.56 Å². The summed E-state index contributed by atoms with van der Waals surface area (Å²) in [7, 11) is 0. The van der Waals surface area contributed by atoms with E-state index in [-0.39, 0.29) is 12.5 Å². The lowest BCUT2D eigenvalue weighted by atomic mass is 9.97. The third-order valence-corrected chi connectivity index (χ3v) is 4.89. The Morgan fingerprint density at radius 3 is 2.58 bits per heavy atom. The van der Waals surface area contributed by atoms with Crippen LogP contribution in [0.1, 0.15) is 48.9 Å². The summed E-state index contributed by atoms with van der Waals surface area (Å²) >= 11 is 0.974. The zero-order chi connectivity index (χ0) is 19.3. The van der Waals surface area contributed by atoms with Gasteiger partial charge in [-0.05, 0) is 48.3 Å². The predicted molar refractivity (Wildman–Crippen MR) is 109 cm³/mol. The minimum Gasteiger partial charge on any atom is -0.489 e. The number of aryl methyl sites for hydroxylation is 2. The SMILES string of the molecule is CCc1ccc(OCc2cccc(C(C)C)c2N(O)C(=O)SC)c(C)c1. The monoisotopic (exact) mass is 373 g/mol. The van der Waals surface area contributed by atoms with Gasteiger partial charge in [0.15, 0.2) is 0 Å². The van der Waals surface area contributed by atoms with E-state index in [2.05, 4.69) is 19.1 Å². The molecule has 0 atom stereocenters. The van der Waals surface area contributed by atoms with Crippen molar-refractivity contribution in [3.8, 4) is 5.75 Å². The number of rotatable bonds is 6. The van der Waals surface area contributed by atoms with Gasteiger partial charge in [0.25, 0.3) is 0 Å². The molecule has 4 nitrogen and oxygen atoms in total. The zero-order valence-corrected chi connectivity index (χ0v) is 16.9. The van der Waals surface area contributed by atoms with Crippen molar-refractivity contribution < 1.29 is 14.7 Å². The fourth-order valence-electron chi connectivity index (χ4n) is 2.88. The van der Waals surface area contributed by atoms with Crippen LogP contribution in [-0.2, 0) is 13.0 Å². The maximum absolute atomic E-state index is 12.0. The van der Waals surface area contributed by atoms with Crippen molar-refractivity contribution in [1.29, 1.82) is 0 Å². The van der Waals surface area contributed by atoms with Gasteiger partial charge in [-0.1, -0.05) is 62.9 Å². The number of carbonyl (C=O) groups excluding carboxylic acids is 1. The van der Waals surface area contributed by atoms with Crippen LogP contribution >= 0.6 is 11.8 Å². The molecule has 140 valence electrons. The number of para-hydroxylation sites is 1. The molecule has 5 heteroatoms. The van der Waals surface area contributed by atoms with Crippen molar-refractivity contribution in [1.82, 2.24) is 0 Å². The Morgan fingerprint density at radius 1 is 1.27 bits per heavy atom. The molecular weight excluding hydrogens is 346 g/mol. The summed E-state index contributed by atoms with van der Waals surface area (Å²) in [5, 5.41) is 10.8. The Morgan fingerprint density at radius 2 is 2.00 bits per heavy atom. The van der Waals surface area contributed by atoms with Gasteiger partial charge in [-0.15, -0.1) is 0 Å². The first-order chi connectivity index (χ1) is 12.4. The minimum absolute atomic E-state index is 0.167. The van der Waals surface area contributed by atoms with E-state index in [0.717, 1.165) is 45.7 Å². The Hall–Kier alpha value is -1.98. The first-order valence-corrected chi connectivity index (χ1v) is 10.0. The van der Waals surface area contributed by atoms with Gasteiger partial charge < -0.3 is 4.74 Å². The Labute approximate surface area is 160 Å². The fraction of sp³-hybridized carbons (Fsp3) is 0.381. The normalized spacial score (nSPS) is 10.9. The van der Waals surface area contributed by atoms with Gasteiger partial charge in [0.2, 0.25) is 0 Å². The number of hydroxylamine groups is 1. The number of ether oxygens (including phenoxy) is 1. The second-order valence-corrected chi connectivity index (χ2v) is 7.29. The van der Waals surface area contributed by atoms with Crippen molar-refractivity contribution in [2.24, 2.45) is 0 Å². The van der Waals surface area contributed by atoms with Crippen LogP contribution in [0.5, 0.6) is 5.75 Å². The van der Waals surface area contributed by atoms with E-state index in [0.29, 0.717) is 5.69 Å². The largest absolute Gasteiger partial charge is 0.489 e. The lowest BCUT2D eigenvalue weighted by Gasteiger charge is -2.23. The molecule has 0 saturated carbocycles. The van der Waals surface area contributed by atoms with E-state index in [1.807, 2.05) is 45.0 Å². The van der Waals surface area contributed by atoms with Gasteiger partial charge in [0.1, 0.15) is 12.4 Å². The highest BCUT2D eigenvalue weighted by molar-refractivity contribution is 8.13. The second kappa shape index (κ2) is 9.10. The van der Waals surface area contributed by atoms with E-state index in [9.17, 15) is 10.0 Å². The average molecular weight is 374 g/mol. The van der Waals surface area contributed by atoms with Gasteiger partial charge >= 0.3 is 5.24 Å². The number of anilines is 1. The number of thioether (sulfide) groups is 1. The zero-order valence-electron chi connectivity index (χ0n) is 16.1. The molecule has 1 N–H and O–H groups in total. The molecule has 0 fully saturated rings. The van der Waals surface area contributed by atoms with Crippen molar-refractivity contribution in [2.75, 3.05) is 11.3 Å². The molecule has 0 radical (unpaired) electrons. The Kier molecular flexibility index (Phi) is 7.12. The maximum atomic E-state index is 12.0. The number of nitrogens with zero attached hydrogens (tertiary/aromatic N) is 1. The summed E-state index contributed by atoms with van der Waals surface area (Å²) < 4.78 is 6.01. The molecule has 0 saturated heterocycles. The summed E-state index contributed by atoms with van der Waals surface area (Å²) in [4.78, 5) is 12.0. The summed E-state index contributed by atoms with van der Waals surface area (Å²) in [5.41, 5.74) is 4.55. The highest BCUT2D eigenvalue weighted by atomic mass is 32.2. The van der Waals surface area contributed by atoms with Gasteiger partial charge in [-0.25, -0.2) is 0 Å². The van der Waals surface area contributed by atoms with E-state index in [4.69, 9.17) is 4.74 Å². The van der Waals surface area contributed by atoms with E-state index < -0.39 is 5.24 Å². The minimum atomic E-state index is -0.414. The molecule has 2 rings (SSSR count). The quantitative estimate of drug-likeness (QED) is 0.503. The molecule has 0 bridgehead atoms. The molecule has 1 amide bonds. The van der Waals surface area contributed by atoms with Gasteiger partial charge in [0.05, 0.1) is 5.69 Å². The van der Waals surface area contributed by atoms with Crippen LogP contribution in [0, 0.1) is 6.92 Å². The summed E-state index contributed by atoms with van der Waals surface area (Å²) in [6.45, 7) is 8.50. The van der Waals surface area contributed by atoms with E-state index in [1.165, 1.54) is 5.56 Å². The number of carbonyl (C=O) groups is 1. The molecule has 0 spiro atoms. The average Bonchev–Trinajstić information content (AvgIpc) is 2.65. The summed E-state index contributed by atoms with van der Waals surface area (Å²) in [6, 6.07) is 11.9. The Balaban J connectivity index is 2.34. The van der Waals surface area contributed by atoms with Crippen molar-refractivity contribution in [3.63, 3.8) is 0 Å². The van der Waals surface area contributed by atoms with Crippen molar-refractivity contribution in [2.45, 2.75) is 46.6 Å². The highest BCUT2D eigenvalue weighted by Gasteiger charge is 2.21. The second-order valence-electron chi connectivity index (χ2n) is 6.53.